The molecule has 2 rings (SSSR count). The third-order valence-corrected chi connectivity index (χ3v) is 5.06. The molecule has 1 amide bonds. The molecule has 2 aliphatic rings. The van der Waals surface area contributed by atoms with E-state index >= 15 is 0 Å². The molecular weight excluding hydrogens is 228 g/mol. The zero-order valence-corrected chi connectivity index (χ0v) is 10.1. The molecule has 92 valence electrons. The molecule has 0 aromatic carbocycles. The summed E-state index contributed by atoms with van der Waals surface area (Å²) in [4.78, 5) is 11.6. The third-order valence-electron chi connectivity index (χ3n) is 3.23. The van der Waals surface area contributed by atoms with Crippen molar-refractivity contribution in [2.45, 2.75) is 25.3 Å². The highest BCUT2D eigenvalue weighted by molar-refractivity contribution is 7.91. The molecule has 0 aromatic rings. The van der Waals surface area contributed by atoms with E-state index in [4.69, 9.17) is 0 Å². The molecule has 2 aliphatic heterocycles. The molecule has 0 saturated carbocycles. The number of carbonyl (C=O) groups is 1. The Kier molecular flexibility index (Phi) is 3.49. The maximum Gasteiger partial charge on any atom is 0.220 e. The molecule has 2 saturated heterocycles. The van der Waals surface area contributed by atoms with Gasteiger partial charge in [0.15, 0.2) is 9.84 Å². The highest BCUT2D eigenvalue weighted by Crippen LogP contribution is 2.21. The maximum absolute atomic E-state index is 11.6. The molecule has 2 N–H and O–H groups in total. The van der Waals surface area contributed by atoms with Gasteiger partial charge in [-0.15, -0.1) is 0 Å². The molecule has 6 heteroatoms. The van der Waals surface area contributed by atoms with E-state index in [1.165, 1.54) is 0 Å². The molecule has 2 atom stereocenters. The van der Waals surface area contributed by atoms with Gasteiger partial charge in [0, 0.05) is 19.0 Å². The lowest BCUT2D eigenvalue weighted by atomic mass is 10.0. The van der Waals surface area contributed by atoms with Crippen LogP contribution < -0.4 is 10.6 Å². The van der Waals surface area contributed by atoms with E-state index in [9.17, 15) is 13.2 Å². The second-order valence-electron chi connectivity index (χ2n) is 4.73. The van der Waals surface area contributed by atoms with Crippen molar-refractivity contribution in [1.82, 2.24) is 10.6 Å². The van der Waals surface area contributed by atoms with Gasteiger partial charge < -0.3 is 10.6 Å². The first kappa shape index (κ1) is 11.9. The van der Waals surface area contributed by atoms with Crippen LogP contribution in [0.25, 0.3) is 0 Å². The lowest BCUT2D eigenvalue weighted by molar-refractivity contribution is -0.122. The highest BCUT2D eigenvalue weighted by Gasteiger charge is 2.30. The van der Waals surface area contributed by atoms with Gasteiger partial charge in [0.25, 0.3) is 0 Å². The van der Waals surface area contributed by atoms with Crippen LogP contribution in [0.15, 0.2) is 0 Å². The van der Waals surface area contributed by atoms with Gasteiger partial charge in [-0.05, 0) is 25.3 Å². The van der Waals surface area contributed by atoms with Crippen LogP contribution in [0.3, 0.4) is 0 Å². The van der Waals surface area contributed by atoms with Crippen LogP contribution in [0.1, 0.15) is 19.3 Å². The van der Waals surface area contributed by atoms with Crippen LogP contribution in [-0.2, 0) is 14.6 Å². The monoisotopic (exact) mass is 246 g/mol. The summed E-state index contributed by atoms with van der Waals surface area (Å²) in [5, 5.41) is 6.11. The lowest BCUT2D eigenvalue weighted by Gasteiger charge is -2.13. The predicted molar refractivity (Wildman–Crippen MR) is 60.8 cm³/mol. The maximum atomic E-state index is 11.6. The third kappa shape index (κ3) is 3.18. The first-order valence-corrected chi connectivity index (χ1v) is 7.58. The van der Waals surface area contributed by atoms with Crippen LogP contribution >= 0.6 is 0 Å². The minimum atomic E-state index is -2.86. The number of nitrogens with one attached hydrogen (secondary N) is 2. The van der Waals surface area contributed by atoms with Gasteiger partial charge in [-0.2, -0.15) is 0 Å². The number of hydrogen-bond acceptors (Lipinski definition) is 4. The predicted octanol–water partition coefficient (Wildman–Crippen LogP) is -0.711. The molecule has 5 nitrogen and oxygen atoms in total. The van der Waals surface area contributed by atoms with Crippen molar-refractivity contribution in [2.75, 3.05) is 24.6 Å². The summed E-state index contributed by atoms with van der Waals surface area (Å²) in [6, 6.07) is 0.227. The van der Waals surface area contributed by atoms with E-state index in [-0.39, 0.29) is 29.4 Å². The van der Waals surface area contributed by atoms with Crippen molar-refractivity contribution >= 4 is 15.7 Å². The second-order valence-corrected chi connectivity index (χ2v) is 6.96. The first-order valence-electron chi connectivity index (χ1n) is 5.76. The van der Waals surface area contributed by atoms with Crippen LogP contribution in [0.4, 0.5) is 0 Å². The summed E-state index contributed by atoms with van der Waals surface area (Å²) in [6.45, 7) is 1.78. The first-order chi connectivity index (χ1) is 7.55. The van der Waals surface area contributed by atoms with Crippen molar-refractivity contribution in [3.05, 3.63) is 0 Å². The van der Waals surface area contributed by atoms with Gasteiger partial charge in [0.1, 0.15) is 0 Å². The summed E-state index contributed by atoms with van der Waals surface area (Å²) in [5.74, 6) is 0.453. The Morgan fingerprint density at radius 1 is 1.38 bits per heavy atom. The van der Waals surface area contributed by atoms with Crippen molar-refractivity contribution in [1.29, 1.82) is 0 Å². The minimum Gasteiger partial charge on any atom is -0.352 e. The van der Waals surface area contributed by atoms with Crippen LogP contribution in [-0.4, -0.2) is 45.0 Å². The Labute approximate surface area is 95.9 Å². The molecule has 0 aromatic heterocycles. The summed E-state index contributed by atoms with van der Waals surface area (Å²) in [6.07, 6.45) is 1.96. The molecule has 16 heavy (non-hydrogen) atoms. The number of amides is 1. The SMILES string of the molecule is O=C(CC1CCS(=O)(=O)C1)N[C@@H]1CCNC1. The molecule has 2 heterocycles. The average Bonchev–Trinajstić information content (AvgIpc) is 2.76. The van der Waals surface area contributed by atoms with Gasteiger partial charge in [-0.25, -0.2) is 8.42 Å². The van der Waals surface area contributed by atoms with Crippen molar-refractivity contribution in [3.8, 4) is 0 Å². The number of carbonyl (C=O) groups excluding carboxylic acids is 1. The van der Waals surface area contributed by atoms with Crippen LogP contribution in [0, 0.1) is 5.92 Å². The van der Waals surface area contributed by atoms with Crippen molar-refractivity contribution in [3.63, 3.8) is 0 Å². The molecule has 0 aliphatic carbocycles. The van der Waals surface area contributed by atoms with E-state index in [0.29, 0.717) is 12.8 Å². The minimum absolute atomic E-state index is 0.00389. The second kappa shape index (κ2) is 4.71. The smallest absolute Gasteiger partial charge is 0.220 e. The molecule has 2 fully saturated rings. The van der Waals surface area contributed by atoms with E-state index in [1.807, 2.05) is 0 Å². The van der Waals surface area contributed by atoms with E-state index < -0.39 is 9.84 Å². The lowest BCUT2D eigenvalue weighted by Crippen LogP contribution is -2.37. The topological polar surface area (TPSA) is 75.3 Å². The zero-order valence-electron chi connectivity index (χ0n) is 9.24. The van der Waals surface area contributed by atoms with Crippen LogP contribution in [0.5, 0.6) is 0 Å². The van der Waals surface area contributed by atoms with Gasteiger partial charge in [-0.1, -0.05) is 0 Å². The fourth-order valence-electron chi connectivity index (χ4n) is 2.36. The molecule has 0 spiro atoms. The van der Waals surface area contributed by atoms with Gasteiger partial charge in [0.2, 0.25) is 5.91 Å². The summed E-state index contributed by atoms with van der Waals surface area (Å²) in [5.41, 5.74) is 0. The molecular formula is C10H18N2O3S. The van der Waals surface area contributed by atoms with Crippen molar-refractivity contribution in [2.24, 2.45) is 5.92 Å². The largest absolute Gasteiger partial charge is 0.352 e. The van der Waals surface area contributed by atoms with Crippen molar-refractivity contribution < 1.29 is 13.2 Å². The fraction of sp³-hybridized carbons (Fsp3) is 0.900. The summed E-state index contributed by atoms with van der Waals surface area (Å²) >= 11 is 0. The van der Waals surface area contributed by atoms with Gasteiger partial charge in [0.05, 0.1) is 11.5 Å². The average molecular weight is 246 g/mol. The summed E-state index contributed by atoms with van der Waals surface area (Å²) < 4.78 is 22.5. The molecule has 0 bridgehead atoms. The highest BCUT2D eigenvalue weighted by atomic mass is 32.2. The van der Waals surface area contributed by atoms with Gasteiger partial charge in [-0.3, -0.25) is 4.79 Å². The quantitative estimate of drug-likeness (QED) is 0.690. The Morgan fingerprint density at radius 3 is 2.75 bits per heavy atom. The summed E-state index contributed by atoms with van der Waals surface area (Å²) in [7, 11) is -2.86. The Hall–Kier alpha value is -0.620. The normalized spacial score (nSPS) is 32.8. The van der Waals surface area contributed by atoms with Crippen LogP contribution in [0.2, 0.25) is 0 Å². The van der Waals surface area contributed by atoms with E-state index in [1.54, 1.807) is 0 Å². The number of sulfone groups is 1. The molecule has 1 unspecified atom stereocenters. The molecule has 0 radical (unpaired) electrons. The Balaban J connectivity index is 1.75. The Bertz CT molecular complexity index is 360. The van der Waals surface area contributed by atoms with E-state index in [2.05, 4.69) is 10.6 Å². The fourth-order valence-corrected chi connectivity index (χ4v) is 4.22. The zero-order chi connectivity index (χ0) is 11.6. The van der Waals surface area contributed by atoms with E-state index in [0.717, 1.165) is 19.5 Å². The number of hydrogen-bond donors (Lipinski definition) is 2. The van der Waals surface area contributed by atoms with Gasteiger partial charge >= 0.3 is 0 Å². The Morgan fingerprint density at radius 2 is 2.19 bits per heavy atom. The number of rotatable bonds is 3. The standard InChI is InChI=1S/C10H18N2O3S/c13-10(12-9-1-3-11-6-9)5-8-2-4-16(14,15)7-8/h8-9,11H,1-7H2,(H,12,13)/t8?,9-/m1/s1.